The number of carbonyl (C=O) groups is 1. The second-order valence-electron chi connectivity index (χ2n) is 5.98. The molecular weight excluding hydrogens is 310 g/mol. The van der Waals surface area contributed by atoms with Crippen LogP contribution in [0.1, 0.15) is 52.8 Å². The van der Waals surface area contributed by atoms with Gasteiger partial charge < -0.3 is 10.2 Å². The zero-order chi connectivity index (χ0) is 17.3. The molecule has 7 heteroatoms. The zero-order valence-electron chi connectivity index (χ0n) is 14.8. The minimum absolute atomic E-state index is 0.0107. The third kappa shape index (κ3) is 3.72. The number of nitrogens with one attached hydrogen (secondary N) is 1. The van der Waals surface area contributed by atoms with Gasteiger partial charge in [-0.15, -0.1) is 11.3 Å². The Balaban J connectivity index is 2.07. The second kappa shape index (κ2) is 6.70. The summed E-state index contributed by atoms with van der Waals surface area (Å²) >= 11 is 1.64. The largest absolute Gasteiger partial charge is 0.331 e. The summed E-state index contributed by atoms with van der Waals surface area (Å²) in [5.74, 6) is 0. The SMILES string of the molecule is Cc1nc(C)c([C@H](C)N(C)C(=O)N[C@H](C)c2cn(C)nc2C)s1. The molecule has 0 aliphatic rings. The number of carbonyl (C=O) groups excluding carboxylic acids is 1. The molecule has 0 unspecified atom stereocenters. The molecule has 2 amide bonds. The van der Waals surface area contributed by atoms with Crippen molar-refractivity contribution in [3.63, 3.8) is 0 Å². The third-order valence-corrected chi connectivity index (χ3v) is 5.32. The number of urea groups is 1. The molecule has 0 aliphatic carbocycles. The summed E-state index contributed by atoms with van der Waals surface area (Å²) in [5.41, 5.74) is 2.97. The Morgan fingerprint density at radius 3 is 2.43 bits per heavy atom. The van der Waals surface area contributed by atoms with Gasteiger partial charge >= 0.3 is 6.03 Å². The first-order valence-electron chi connectivity index (χ1n) is 7.68. The van der Waals surface area contributed by atoms with Crippen LogP contribution in [0.25, 0.3) is 0 Å². The highest BCUT2D eigenvalue weighted by molar-refractivity contribution is 7.11. The Morgan fingerprint density at radius 2 is 1.96 bits per heavy atom. The van der Waals surface area contributed by atoms with E-state index >= 15 is 0 Å². The molecular formula is C16H25N5OS. The second-order valence-corrected chi connectivity index (χ2v) is 7.22. The van der Waals surface area contributed by atoms with Crippen LogP contribution in [0.3, 0.4) is 0 Å². The number of aryl methyl sites for hydroxylation is 4. The van der Waals surface area contributed by atoms with Gasteiger partial charge in [0.05, 0.1) is 28.5 Å². The number of thiazole rings is 1. The smallest absolute Gasteiger partial charge is 0.318 e. The molecule has 126 valence electrons. The summed E-state index contributed by atoms with van der Waals surface area (Å²) in [6.45, 7) is 9.93. The van der Waals surface area contributed by atoms with Crippen molar-refractivity contribution < 1.29 is 4.79 Å². The van der Waals surface area contributed by atoms with Crippen molar-refractivity contribution >= 4 is 17.4 Å². The fourth-order valence-corrected chi connectivity index (χ4v) is 3.72. The highest BCUT2D eigenvalue weighted by atomic mass is 32.1. The highest BCUT2D eigenvalue weighted by Gasteiger charge is 2.23. The van der Waals surface area contributed by atoms with Crippen molar-refractivity contribution in [2.45, 2.75) is 46.7 Å². The van der Waals surface area contributed by atoms with Crippen LogP contribution in [-0.4, -0.2) is 32.7 Å². The van der Waals surface area contributed by atoms with E-state index in [9.17, 15) is 4.79 Å². The van der Waals surface area contributed by atoms with Crippen molar-refractivity contribution in [3.8, 4) is 0 Å². The van der Waals surface area contributed by atoms with E-state index in [2.05, 4.69) is 15.4 Å². The lowest BCUT2D eigenvalue weighted by atomic mass is 10.1. The average Bonchev–Trinajstić information content (AvgIpc) is 2.98. The first kappa shape index (κ1) is 17.5. The molecule has 23 heavy (non-hydrogen) atoms. The van der Waals surface area contributed by atoms with E-state index in [0.29, 0.717) is 0 Å². The van der Waals surface area contributed by atoms with Gasteiger partial charge in [0.25, 0.3) is 0 Å². The van der Waals surface area contributed by atoms with E-state index < -0.39 is 0 Å². The number of hydrogen-bond donors (Lipinski definition) is 1. The number of hydrogen-bond acceptors (Lipinski definition) is 4. The lowest BCUT2D eigenvalue weighted by molar-refractivity contribution is 0.191. The van der Waals surface area contributed by atoms with Gasteiger partial charge in [-0.05, 0) is 34.6 Å². The average molecular weight is 335 g/mol. The Bertz CT molecular complexity index is 705. The quantitative estimate of drug-likeness (QED) is 0.933. The predicted octanol–water partition coefficient (Wildman–Crippen LogP) is 3.27. The van der Waals surface area contributed by atoms with E-state index in [1.807, 2.05) is 54.9 Å². The van der Waals surface area contributed by atoms with Crippen LogP contribution in [-0.2, 0) is 7.05 Å². The Kier molecular flexibility index (Phi) is 5.09. The van der Waals surface area contributed by atoms with Crippen molar-refractivity contribution in [1.29, 1.82) is 0 Å². The van der Waals surface area contributed by atoms with E-state index in [4.69, 9.17) is 0 Å². The van der Waals surface area contributed by atoms with Crippen LogP contribution < -0.4 is 5.32 Å². The molecule has 0 radical (unpaired) electrons. The number of rotatable bonds is 4. The van der Waals surface area contributed by atoms with Gasteiger partial charge in [-0.2, -0.15) is 5.10 Å². The van der Waals surface area contributed by atoms with Crippen LogP contribution in [0.4, 0.5) is 4.79 Å². The molecule has 2 atom stereocenters. The summed E-state index contributed by atoms with van der Waals surface area (Å²) in [6, 6.07) is -0.197. The van der Waals surface area contributed by atoms with Gasteiger partial charge in [0.15, 0.2) is 0 Å². The van der Waals surface area contributed by atoms with E-state index in [1.54, 1.807) is 20.9 Å². The predicted molar refractivity (Wildman–Crippen MR) is 92.7 cm³/mol. The summed E-state index contributed by atoms with van der Waals surface area (Å²) in [5, 5.41) is 8.40. The summed E-state index contributed by atoms with van der Waals surface area (Å²) in [4.78, 5) is 19.8. The van der Waals surface area contributed by atoms with Crippen molar-refractivity contribution in [2.24, 2.45) is 7.05 Å². The van der Waals surface area contributed by atoms with Crippen LogP contribution in [0.2, 0.25) is 0 Å². The molecule has 0 bridgehead atoms. The number of amides is 2. The van der Waals surface area contributed by atoms with Crippen LogP contribution in [0.5, 0.6) is 0 Å². The molecule has 2 aromatic heterocycles. The fraction of sp³-hybridized carbons (Fsp3) is 0.562. The topological polar surface area (TPSA) is 63.1 Å². The van der Waals surface area contributed by atoms with Gasteiger partial charge in [0, 0.05) is 30.7 Å². The Morgan fingerprint density at radius 1 is 1.30 bits per heavy atom. The molecule has 6 nitrogen and oxygen atoms in total. The lowest BCUT2D eigenvalue weighted by Crippen LogP contribution is -2.40. The minimum Gasteiger partial charge on any atom is -0.331 e. The lowest BCUT2D eigenvalue weighted by Gasteiger charge is -2.26. The molecule has 2 heterocycles. The maximum atomic E-state index is 12.5. The van der Waals surface area contributed by atoms with Gasteiger partial charge in [-0.25, -0.2) is 9.78 Å². The molecule has 0 aromatic carbocycles. The summed E-state index contributed by atoms with van der Waals surface area (Å²) in [7, 11) is 3.70. The van der Waals surface area contributed by atoms with Crippen LogP contribution >= 0.6 is 11.3 Å². The van der Waals surface area contributed by atoms with E-state index in [0.717, 1.165) is 26.8 Å². The molecule has 0 saturated heterocycles. The fourth-order valence-electron chi connectivity index (χ4n) is 2.69. The Hall–Kier alpha value is -1.89. The van der Waals surface area contributed by atoms with E-state index in [1.165, 1.54) is 0 Å². The first-order valence-corrected chi connectivity index (χ1v) is 8.49. The molecule has 0 aliphatic heterocycles. The molecule has 0 saturated carbocycles. The van der Waals surface area contributed by atoms with Gasteiger partial charge in [-0.1, -0.05) is 0 Å². The minimum atomic E-state index is -0.0984. The summed E-state index contributed by atoms with van der Waals surface area (Å²) < 4.78 is 1.77. The number of aromatic nitrogens is 3. The van der Waals surface area contributed by atoms with Gasteiger partial charge in [0.2, 0.25) is 0 Å². The van der Waals surface area contributed by atoms with Gasteiger partial charge in [0.1, 0.15) is 0 Å². The Labute approximate surface area is 141 Å². The zero-order valence-corrected chi connectivity index (χ0v) is 15.7. The first-order chi connectivity index (χ1) is 10.7. The number of nitrogens with zero attached hydrogens (tertiary/aromatic N) is 4. The van der Waals surface area contributed by atoms with Crippen molar-refractivity contribution in [3.05, 3.63) is 33.0 Å². The monoisotopic (exact) mass is 335 g/mol. The summed E-state index contributed by atoms with van der Waals surface area (Å²) in [6.07, 6.45) is 1.94. The van der Waals surface area contributed by atoms with Crippen LogP contribution in [0.15, 0.2) is 6.20 Å². The molecule has 2 aromatic rings. The van der Waals surface area contributed by atoms with Crippen molar-refractivity contribution in [1.82, 2.24) is 25.0 Å². The van der Waals surface area contributed by atoms with E-state index in [-0.39, 0.29) is 18.1 Å². The maximum Gasteiger partial charge on any atom is 0.318 e. The van der Waals surface area contributed by atoms with Crippen molar-refractivity contribution in [2.75, 3.05) is 7.05 Å². The van der Waals surface area contributed by atoms with Gasteiger partial charge in [-0.3, -0.25) is 4.68 Å². The molecule has 0 spiro atoms. The maximum absolute atomic E-state index is 12.5. The molecule has 2 rings (SSSR count). The standard InChI is InChI=1S/C16H25N5OS/c1-9(14-8-20(6)19-10(14)2)18-16(22)21(7)12(4)15-11(3)17-13(5)23-15/h8-9,12H,1-7H3,(H,18,22)/t9-,12+/m1/s1. The molecule has 0 fully saturated rings. The third-order valence-electron chi connectivity index (χ3n) is 4.08. The van der Waals surface area contributed by atoms with Crippen LogP contribution in [0, 0.1) is 20.8 Å². The highest BCUT2D eigenvalue weighted by Crippen LogP contribution is 2.28. The normalized spacial score (nSPS) is 13.7. The molecule has 1 N–H and O–H groups in total.